The maximum absolute atomic E-state index is 11.8. The van der Waals surface area contributed by atoms with Gasteiger partial charge in [0.1, 0.15) is 11.5 Å². The van der Waals surface area contributed by atoms with Gasteiger partial charge in [-0.25, -0.2) is 4.98 Å². The fraction of sp³-hybridized carbons (Fsp3) is 0.333. The van der Waals surface area contributed by atoms with Crippen LogP contribution in [-0.4, -0.2) is 44.4 Å². The van der Waals surface area contributed by atoms with Crippen LogP contribution in [0.5, 0.6) is 0 Å². The summed E-state index contributed by atoms with van der Waals surface area (Å²) in [5, 5.41) is 5.53. The van der Waals surface area contributed by atoms with Gasteiger partial charge in [0.25, 0.3) is 0 Å². The first-order valence-corrected chi connectivity index (χ1v) is 12.1. The number of anilines is 1. The maximum atomic E-state index is 11.8. The number of carbonyl (C=O) groups is 2. The Bertz CT molecular complexity index is 1460. The van der Waals surface area contributed by atoms with E-state index in [4.69, 9.17) is 10.2 Å². The Morgan fingerprint density at radius 2 is 1.91 bits per heavy atom. The lowest BCUT2D eigenvalue weighted by molar-refractivity contribution is -0.130. The summed E-state index contributed by atoms with van der Waals surface area (Å²) in [6, 6.07) is 8.43. The smallest absolute Gasteiger partial charge is 0.219 e. The summed E-state index contributed by atoms with van der Waals surface area (Å²) in [4.78, 5) is 29.7. The van der Waals surface area contributed by atoms with Crippen LogP contribution >= 0.6 is 0 Å². The van der Waals surface area contributed by atoms with Gasteiger partial charge in [0, 0.05) is 67.3 Å². The number of benzene rings is 1. The molecule has 1 amide bonds. The van der Waals surface area contributed by atoms with E-state index in [1.807, 2.05) is 40.2 Å². The van der Waals surface area contributed by atoms with Gasteiger partial charge in [0.2, 0.25) is 5.91 Å². The molecule has 1 saturated heterocycles. The Kier molecular flexibility index (Phi) is 5.16. The van der Waals surface area contributed by atoms with E-state index in [-0.39, 0.29) is 11.9 Å². The molecule has 0 radical (unpaired) electrons. The van der Waals surface area contributed by atoms with Gasteiger partial charge in [0.15, 0.2) is 11.4 Å². The van der Waals surface area contributed by atoms with Crippen LogP contribution in [0.3, 0.4) is 0 Å². The van der Waals surface area contributed by atoms with E-state index in [1.54, 1.807) is 13.1 Å². The van der Waals surface area contributed by atoms with Crippen LogP contribution in [0.15, 0.2) is 47.3 Å². The minimum absolute atomic E-state index is 0.128. The van der Waals surface area contributed by atoms with Crippen LogP contribution in [0.25, 0.3) is 33.4 Å². The summed E-state index contributed by atoms with van der Waals surface area (Å²) >= 11 is 0. The first-order chi connectivity index (χ1) is 17.0. The van der Waals surface area contributed by atoms with Crippen LogP contribution in [0.2, 0.25) is 0 Å². The fourth-order valence-corrected chi connectivity index (χ4v) is 5.30. The Balaban J connectivity index is 1.32. The van der Waals surface area contributed by atoms with Crippen LogP contribution < -0.4 is 5.73 Å². The maximum Gasteiger partial charge on any atom is 0.219 e. The highest BCUT2D eigenvalue weighted by Gasteiger charge is 2.24. The first-order valence-electron chi connectivity index (χ1n) is 12.1. The van der Waals surface area contributed by atoms with Crippen molar-refractivity contribution in [2.24, 2.45) is 0 Å². The molecule has 1 aliphatic carbocycles. The van der Waals surface area contributed by atoms with Crippen molar-refractivity contribution in [2.75, 3.05) is 18.8 Å². The molecule has 4 heterocycles. The number of piperidine rings is 1. The number of nitrogen functional groups attached to an aromatic ring is 1. The van der Waals surface area contributed by atoms with Crippen molar-refractivity contribution < 1.29 is 14.0 Å². The number of carbonyl (C=O) groups excluding carboxylic acids is 2. The summed E-state index contributed by atoms with van der Waals surface area (Å²) in [5.74, 6) is 1.50. The quantitative estimate of drug-likeness (QED) is 0.482. The molecule has 0 unspecified atom stereocenters. The van der Waals surface area contributed by atoms with Crippen LogP contribution in [0.1, 0.15) is 43.4 Å². The number of furan rings is 1. The Morgan fingerprint density at radius 1 is 1.09 bits per heavy atom. The normalized spacial score (nSPS) is 16.6. The number of aromatic nitrogens is 3. The molecular formula is C27H27N5O3. The van der Waals surface area contributed by atoms with Crippen molar-refractivity contribution in [2.45, 2.75) is 45.1 Å². The van der Waals surface area contributed by atoms with Gasteiger partial charge in [-0.2, -0.15) is 5.10 Å². The first kappa shape index (κ1) is 21.6. The predicted molar refractivity (Wildman–Crippen MR) is 133 cm³/mol. The number of ketones is 1. The molecule has 4 aromatic rings. The standard InChI is InChI=1S/C27H27N5O3/c1-16(33)31-8-6-21(7-9-31)32-15-20(13-30-32)24-14-29-27(28)26-23(24)12-25(35-26)19-3-2-18-11-22(34)5-4-17(18)10-19/h2-3,10,12-15,21H,4-9,11H2,1H3,(H2,28,29). The van der Waals surface area contributed by atoms with Crippen molar-refractivity contribution in [3.63, 3.8) is 0 Å². The van der Waals surface area contributed by atoms with E-state index in [9.17, 15) is 9.59 Å². The molecule has 2 aliphatic rings. The van der Waals surface area contributed by atoms with Crippen LogP contribution in [0, 0.1) is 0 Å². The van der Waals surface area contributed by atoms with Gasteiger partial charge < -0.3 is 15.1 Å². The highest BCUT2D eigenvalue weighted by Crippen LogP contribution is 2.38. The molecule has 6 rings (SSSR count). The predicted octanol–water partition coefficient (Wildman–Crippen LogP) is 4.18. The molecule has 0 atom stereocenters. The average Bonchev–Trinajstić information content (AvgIpc) is 3.53. The third-order valence-corrected chi connectivity index (χ3v) is 7.34. The summed E-state index contributed by atoms with van der Waals surface area (Å²) < 4.78 is 8.20. The summed E-state index contributed by atoms with van der Waals surface area (Å²) in [6.07, 6.45) is 9.31. The highest BCUT2D eigenvalue weighted by atomic mass is 16.3. The lowest BCUT2D eigenvalue weighted by Crippen LogP contribution is -2.37. The minimum Gasteiger partial charge on any atom is -0.452 e. The van der Waals surface area contributed by atoms with Crippen molar-refractivity contribution in [1.82, 2.24) is 19.7 Å². The number of pyridine rings is 1. The molecular weight excluding hydrogens is 442 g/mol. The van der Waals surface area contributed by atoms with E-state index in [0.717, 1.165) is 65.8 Å². The molecule has 3 aromatic heterocycles. The number of nitrogens with two attached hydrogens (primary N) is 1. The lowest BCUT2D eigenvalue weighted by atomic mass is 9.89. The number of rotatable bonds is 3. The van der Waals surface area contributed by atoms with Crippen molar-refractivity contribution in [1.29, 1.82) is 0 Å². The Labute approximate surface area is 202 Å². The van der Waals surface area contributed by atoms with Gasteiger partial charge in [-0.1, -0.05) is 12.1 Å². The summed E-state index contributed by atoms with van der Waals surface area (Å²) in [5.41, 5.74) is 11.9. The van der Waals surface area contributed by atoms with Crippen LogP contribution in [0.4, 0.5) is 5.82 Å². The number of nitrogens with zero attached hydrogens (tertiary/aromatic N) is 4. The van der Waals surface area contributed by atoms with E-state index in [0.29, 0.717) is 30.0 Å². The SMILES string of the molecule is CC(=O)N1CCC(n2cc(-c3cnc(N)c4oc(-c5ccc6c(c5)CCC(=O)C6)cc34)cn2)CC1. The zero-order chi connectivity index (χ0) is 24.1. The third-order valence-electron chi connectivity index (χ3n) is 7.34. The van der Waals surface area contributed by atoms with Gasteiger partial charge in [-0.05, 0) is 42.5 Å². The van der Waals surface area contributed by atoms with Gasteiger partial charge in [0.05, 0.1) is 12.2 Å². The Morgan fingerprint density at radius 3 is 2.71 bits per heavy atom. The van der Waals surface area contributed by atoms with Gasteiger partial charge in [-0.15, -0.1) is 0 Å². The minimum atomic E-state index is 0.128. The topological polar surface area (TPSA) is 107 Å². The number of hydrogen-bond donors (Lipinski definition) is 1. The molecule has 178 valence electrons. The fourth-order valence-electron chi connectivity index (χ4n) is 5.30. The second kappa shape index (κ2) is 8.37. The van der Waals surface area contributed by atoms with Gasteiger partial charge >= 0.3 is 0 Å². The van der Waals surface area contributed by atoms with Gasteiger partial charge in [-0.3, -0.25) is 14.3 Å². The van der Waals surface area contributed by atoms with E-state index in [2.05, 4.69) is 16.1 Å². The zero-order valence-corrected chi connectivity index (χ0v) is 19.7. The Hall–Kier alpha value is -3.94. The van der Waals surface area contributed by atoms with Crippen molar-refractivity contribution in [3.8, 4) is 22.5 Å². The third kappa shape index (κ3) is 3.88. The molecule has 2 N–H and O–H groups in total. The molecule has 1 fully saturated rings. The number of hydrogen-bond acceptors (Lipinski definition) is 6. The summed E-state index contributed by atoms with van der Waals surface area (Å²) in [6.45, 7) is 3.13. The van der Waals surface area contributed by atoms with Crippen molar-refractivity contribution >= 4 is 28.5 Å². The number of amides is 1. The second-order valence-corrected chi connectivity index (χ2v) is 9.56. The molecule has 1 aromatic carbocycles. The molecule has 1 aliphatic heterocycles. The molecule has 0 saturated carbocycles. The molecule has 8 heteroatoms. The number of aryl methyl sites for hydroxylation is 1. The number of Topliss-reactive ketones (excluding diaryl/α,β-unsaturated/α-hetero) is 1. The van der Waals surface area contributed by atoms with E-state index in [1.165, 1.54) is 5.56 Å². The highest BCUT2D eigenvalue weighted by molar-refractivity contribution is 6.00. The molecule has 35 heavy (non-hydrogen) atoms. The number of fused-ring (bicyclic) bond motifs is 2. The second-order valence-electron chi connectivity index (χ2n) is 9.56. The molecule has 0 bridgehead atoms. The van der Waals surface area contributed by atoms with E-state index < -0.39 is 0 Å². The molecule has 0 spiro atoms. The van der Waals surface area contributed by atoms with Crippen LogP contribution in [-0.2, 0) is 22.4 Å². The largest absolute Gasteiger partial charge is 0.452 e. The lowest BCUT2D eigenvalue weighted by Gasteiger charge is -2.31. The zero-order valence-electron chi connectivity index (χ0n) is 19.7. The monoisotopic (exact) mass is 469 g/mol. The number of likely N-dealkylation sites (tertiary alicyclic amines) is 1. The summed E-state index contributed by atoms with van der Waals surface area (Å²) in [7, 11) is 0. The average molecular weight is 470 g/mol. The van der Waals surface area contributed by atoms with E-state index >= 15 is 0 Å². The molecule has 8 nitrogen and oxygen atoms in total. The van der Waals surface area contributed by atoms with Crippen molar-refractivity contribution in [3.05, 3.63) is 54.0 Å².